The predicted octanol–water partition coefficient (Wildman–Crippen LogP) is 3.26. The van der Waals surface area contributed by atoms with Crippen LogP contribution in [0.15, 0.2) is 48.8 Å². The number of H-pyrrole nitrogens is 1. The highest BCUT2D eigenvalue weighted by Crippen LogP contribution is 2.45. The van der Waals surface area contributed by atoms with Crippen LogP contribution in [0.4, 0.5) is 5.69 Å². The summed E-state index contributed by atoms with van der Waals surface area (Å²) in [6.45, 7) is 2.34. The van der Waals surface area contributed by atoms with E-state index in [2.05, 4.69) is 25.9 Å². The van der Waals surface area contributed by atoms with Crippen molar-refractivity contribution >= 4 is 35.1 Å². The Bertz CT molecular complexity index is 1520. The van der Waals surface area contributed by atoms with Crippen molar-refractivity contribution in [1.82, 2.24) is 25.6 Å². The Kier molecular flexibility index (Phi) is 6.54. The number of amides is 2. The molecule has 0 saturated carbocycles. The molecule has 0 atom stereocenters. The van der Waals surface area contributed by atoms with E-state index in [9.17, 15) is 9.59 Å². The first-order chi connectivity index (χ1) is 18.6. The number of hydrazine groups is 1. The number of benzene rings is 1. The van der Waals surface area contributed by atoms with Crippen LogP contribution in [0.1, 0.15) is 31.9 Å². The zero-order chi connectivity index (χ0) is 26.1. The summed E-state index contributed by atoms with van der Waals surface area (Å²) in [6, 6.07) is 11.3. The minimum absolute atomic E-state index is 0.230. The number of aromatic nitrogens is 3. The van der Waals surface area contributed by atoms with Gasteiger partial charge in [-0.05, 0) is 36.6 Å². The molecule has 38 heavy (non-hydrogen) atoms. The fourth-order valence-corrected chi connectivity index (χ4v) is 6.01. The first-order valence-corrected chi connectivity index (χ1v) is 13.1. The quantitative estimate of drug-likeness (QED) is 0.229. The molecule has 1 aliphatic heterocycles. The Labute approximate surface area is 222 Å². The summed E-state index contributed by atoms with van der Waals surface area (Å²) in [5.74, 6) is -0.263. The molecule has 6 rings (SSSR count). The van der Waals surface area contributed by atoms with Crippen molar-refractivity contribution in [3.8, 4) is 21.8 Å². The fraction of sp³-hybridized carbons (Fsp3) is 0.222. The van der Waals surface area contributed by atoms with Crippen LogP contribution in [0.25, 0.3) is 21.8 Å². The average Bonchev–Trinajstić information content (AvgIpc) is 3.63. The second kappa shape index (κ2) is 10.3. The van der Waals surface area contributed by atoms with Gasteiger partial charge in [0.15, 0.2) is 0 Å². The van der Waals surface area contributed by atoms with Gasteiger partial charge in [0.05, 0.1) is 46.3 Å². The topological polar surface area (TPSA) is 136 Å². The third-order valence-electron chi connectivity index (χ3n) is 6.71. The number of carbonyl (C=O) groups is 2. The van der Waals surface area contributed by atoms with E-state index in [1.165, 1.54) is 0 Å². The maximum atomic E-state index is 13.2. The van der Waals surface area contributed by atoms with Crippen molar-refractivity contribution in [3.05, 3.63) is 75.9 Å². The smallest absolute Gasteiger partial charge is 0.266 e. The van der Waals surface area contributed by atoms with Gasteiger partial charge in [0.1, 0.15) is 5.69 Å². The summed E-state index contributed by atoms with van der Waals surface area (Å²) >= 11 is 1.55. The van der Waals surface area contributed by atoms with Crippen LogP contribution < -0.4 is 10.7 Å². The minimum Gasteiger partial charge on any atom is -0.379 e. The third-order valence-corrected chi connectivity index (χ3v) is 7.92. The highest BCUT2D eigenvalue weighted by molar-refractivity contribution is 7.16. The molecule has 3 aromatic heterocycles. The number of thiophene rings is 1. The highest BCUT2D eigenvalue weighted by atomic mass is 32.1. The average molecular weight is 528 g/mol. The molecule has 0 bridgehead atoms. The monoisotopic (exact) mass is 527 g/mol. The second-order valence-corrected chi connectivity index (χ2v) is 10.2. The van der Waals surface area contributed by atoms with Crippen molar-refractivity contribution in [2.75, 3.05) is 31.6 Å². The van der Waals surface area contributed by atoms with Gasteiger partial charge in [0.25, 0.3) is 5.91 Å². The zero-order valence-electron chi connectivity index (χ0n) is 20.4. The van der Waals surface area contributed by atoms with Crippen molar-refractivity contribution in [1.29, 1.82) is 5.41 Å². The molecule has 10 nitrogen and oxygen atoms in total. The van der Waals surface area contributed by atoms with Crippen LogP contribution in [0.2, 0.25) is 0 Å². The molecule has 1 fully saturated rings. The number of aryl methyl sites for hydroxylation is 2. The summed E-state index contributed by atoms with van der Waals surface area (Å²) in [4.78, 5) is 30.7. The van der Waals surface area contributed by atoms with E-state index in [4.69, 9.17) is 10.1 Å². The standard InChI is InChI=1S/C27H25N7O3S/c28-23-21-18(4-1-5-19(21)27(36)33-34-9-11-37-12-10-34)24-22(23)25(32-31-24)26-20(30-15-35)13-17(38-26)7-6-16-3-2-8-29-14-16/h1-5,8,13-15,28H,6-7,9-12H2,(H,30,35)(H,31,32)(H,33,36). The van der Waals surface area contributed by atoms with Gasteiger partial charge in [0, 0.05) is 41.5 Å². The molecular weight excluding hydrogens is 502 g/mol. The molecule has 2 aliphatic rings. The lowest BCUT2D eigenvalue weighted by atomic mass is 10.00. The van der Waals surface area contributed by atoms with Gasteiger partial charge in [-0.1, -0.05) is 18.2 Å². The molecule has 192 valence electrons. The van der Waals surface area contributed by atoms with Crippen LogP contribution in [0.3, 0.4) is 0 Å². The number of pyridine rings is 1. The number of hydrogen-bond donors (Lipinski definition) is 4. The number of hydrogen-bond acceptors (Lipinski definition) is 8. The van der Waals surface area contributed by atoms with Gasteiger partial charge < -0.3 is 10.1 Å². The lowest BCUT2D eigenvalue weighted by Gasteiger charge is -2.27. The van der Waals surface area contributed by atoms with Crippen LogP contribution in [-0.4, -0.2) is 64.5 Å². The van der Waals surface area contributed by atoms with E-state index in [0.717, 1.165) is 33.7 Å². The Morgan fingerprint density at radius 1 is 1.18 bits per heavy atom. The van der Waals surface area contributed by atoms with Gasteiger partial charge in [0.2, 0.25) is 6.41 Å². The summed E-state index contributed by atoms with van der Waals surface area (Å²) in [7, 11) is 0. The Hall–Kier alpha value is -4.19. The number of ether oxygens (including phenoxy) is 1. The molecule has 4 heterocycles. The molecule has 11 heteroatoms. The van der Waals surface area contributed by atoms with E-state index in [-0.39, 0.29) is 11.6 Å². The molecule has 4 N–H and O–H groups in total. The Morgan fingerprint density at radius 3 is 2.84 bits per heavy atom. The minimum atomic E-state index is -0.263. The number of anilines is 1. The van der Waals surface area contributed by atoms with E-state index in [1.807, 2.05) is 41.5 Å². The number of fused-ring (bicyclic) bond motifs is 3. The van der Waals surface area contributed by atoms with Crippen molar-refractivity contribution in [2.45, 2.75) is 12.8 Å². The fourth-order valence-electron chi connectivity index (χ4n) is 4.89. The molecule has 1 aromatic carbocycles. The molecule has 0 unspecified atom stereocenters. The first kappa shape index (κ1) is 24.2. The number of carbonyl (C=O) groups excluding carboxylic acids is 2. The molecule has 1 aliphatic carbocycles. The SMILES string of the molecule is N=C1c2c(C(=O)NN3CCOCC3)cccc2-c2n[nH]c(-c3sc(CCc4cccnc4)cc3NC=O)c21. The lowest BCUT2D eigenvalue weighted by Crippen LogP contribution is -2.48. The van der Waals surface area contributed by atoms with Crippen molar-refractivity contribution < 1.29 is 14.3 Å². The van der Waals surface area contributed by atoms with E-state index >= 15 is 0 Å². The van der Waals surface area contributed by atoms with Crippen molar-refractivity contribution in [2.24, 2.45) is 0 Å². The largest absolute Gasteiger partial charge is 0.379 e. The predicted molar refractivity (Wildman–Crippen MR) is 144 cm³/mol. The van der Waals surface area contributed by atoms with Crippen LogP contribution >= 0.6 is 11.3 Å². The van der Waals surface area contributed by atoms with Crippen molar-refractivity contribution in [3.63, 3.8) is 0 Å². The highest BCUT2D eigenvalue weighted by Gasteiger charge is 2.35. The number of nitrogens with one attached hydrogen (secondary N) is 4. The number of morpholine rings is 1. The van der Waals surface area contributed by atoms with Gasteiger partial charge in [-0.3, -0.25) is 30.5 Å². The van der Waals surface area contributed by atoms with Crippen LogP contribution in [0, 0.1) is 5.41 Å². The maximum Gasteiger partial charge on any atom is 0.266 e. The molecule has 4 aromatic rings. The Morgan fingerprint density at radius 2 is 2.05 bits per heavy atom. The maximum absolute atomic E-state index is 13.2. The summed E-state index contributed by atoms with van der Waals surface area (Å²) < 4.78 is 5.36. The van der Waals surface area contributed by atoms with Gasteiger partial charge in [-0.15, -0.1) is 11.3 Å². The van der Waals surface area contributed by atoms with Gasteiger partial charge >= 0.3 is 0 Å². The normalized spacial score (nSPS) is 14.7. The molecular formula is C27H25N7O3S. The second-order valence-electron chi connectivity index (χ2n) is 9.04. The van der Waals surface area contributed by atoms with E-state index in [0.29, 0.717) is 66.5 Å². The molecule has 2 amide bonds. The van der Waals surface area contributed by atoms with Gasteiger partial charge in [-0.2, -0.15) is 5.10 Å². The molecule has 1 saturated heterocycles. The zero-order valence-corrected chi connectivity index (χ0v) is 21.2. The summed E-state index contributed by atoms with van der Waals surface area (Å²) in [5.41, 5.74) is 8.60. The summed E-state index contributed by atoms with van der Waals surface area (Å²) in [5, 5.41) is 21.4. The number of aromatic amines is 1. The lowest BCUT2D eigenvalue weighted by molar-refractivity contribution is -0.105. The van der Waals surface area contributed by atoms with Crippen LogP contribution in [0.5, 0.6) is 0 Å². The molecule has 0 radical (unpaired) electrons. The van der Waals surface area contributed by atoms with Crippen LogP contribution in [-0.2, 0) is 22.4 Å². The third kappa shape index (κ3) is 4.40. The van der Waals surface area contributed by atoms with Gasteiger partial charge in [-0.25, -0.2) is 5.01 Å². The first-order valence-electron chi connectivity index (χ1n) is 12.3. The number of rotatable bonds is 8. The Balaban J connectivity index is 1.31. The van der Waals surface area contributed by atoms with E-state index < -0.39 is 0 Å². The van der Waals surface area contributed by atoms with E-state index in [1.54, 1.807) is 23.6 Å². The molecule has 0 spiro atoms. The summed E-state index contributed by atoms with van der Waals surface area (Å²) in [6.07, 6.45) is 5.86. The number of nitrogens with zero attached hydrogens (tertiary/aromatic N) is 3.